The van der Waals surface area contributed by atoms with Crippen molar-refractivity contribution in [2.75, 3.05) is 0 Å². The van der Waals surface area contributed by atoms with E-state index in [2.05, 4.69) is 13.2 Å². The molecule has 0 aliphatic rings. The zero-order chi connectivity index (χ0) is 14.9. The Hall–Kier alpha value is -0.680. The number of hydrogen-bond donors (Lipinski definition) is 4. The van der Waals surface area contributed by atoms with E-state index < -0.39 is 0 Å². The van der Waals surface area contributed by atoms with Crippen molar-refractivity contribution < 1.29 is 0 Å². The lowest BCUT2D eigenvalue weighted by Gasteiger charge is -2.06. The lowest BCUT2D eigenvalue weighted by atomic mass is 10.1. The average molecular weight is 246 g/mol. The Morgan fingerprint density at radius 1 is 0.824 bits per heavy atom. The molecule has 0 heterocycles. The van der Waals surface area contributed by atoms with Crippen molar-refractivity contribution in [3.63, 3.8) is 0 Å². The molecule has 0 aliphatic heterocycles. The molecule has 0 aromatic heterocycles. The zero-order valence-corrected chi connectivity index (χ0v) is 12.3. The maximum Gasteiger partial charge on any atom is 0.0491 e. The molecule has 0 aromatic carbocycles. The average Bonchev–Trinajstić information content (AvgIpc) is 2.01. The highest BCUT2D eigenvalue weighted by molar-refractivity contribution is 4.60. The zero-order valence-electron chi connectivity index (χ0n) is 12.3. The maximum atomic E-state index is 5.41. The van der Waals surface area contributed by atoms with E-state index in [1.807, 2.05) is 27.7 Å². The normalized spacial score (nSPS) is 11.4. The lowest BCUT2D eigenvalue weighted by molar-refractivity contribution is 0.580. The molecule has 0 aromatic rings. The van der Waals surface area contributed by atoms with Gasteiger partial charge in [0.1, 0.15) is 0 Å². The predicted octanol–water partition coefficient (Wildman–Crippen LogP) is 1.71. The van der Waals surface area contributed by atoms with Crippen LogP contribution in [-0.4, -0.2) is 18.2 Å². The molecule has 0 aliphatic carbocycles. The van der Waals surface area contributed by atoms with Crippen molar-refractivity contribution in [3.8, 4) is 0 Å². The molecule has 0 saturated carbocycles. The summed E-state index contributed by atoms with van der Waals surface area (Å²) in [5, 5.41) is 0. The van der Waals surface area contributed by atoms with Crippen LogP contribution in [0.2, 0.25) is 0 Å². The number of nitrogens with two attached hydrogens (primary N) is 4. The molecular weight excluding hydrogens is 212 g/mol. The summed E-state index contributed by atoms with van der Waals surface area (Å²) in [5.41, 5.74) is 20.6. The van der Waals surface area contributed by atoms with Gasteiger partial charge in [-0.15, -0.1) is 13.2 Å². The molecule has 0 radical (unpaired) electrons. The molecule has 2 unspecified atom stereocenters. The third kappa shape index (κ3) is 247. The van der Waals surface area contributed by atoms with Crippen molar-refractivity contribution in [1.29, 1.82) is 0 Å². The Balaban J connectivity index is -0.0000000726. The first-order valence-electron chi connectivity index (χ1n) is 5.85. The molecule has 0 spiro atoms. The van der Waals surface area contributed by atoms with Crippen molar-refractivity contribution in [1.82, 2.24) is 0 Å². The molecule has 0 amide bonds. The van der Waals surface area contributed by atoms with Crippen molar-refractivity contribution >= 4 is 0 Å². The second kappa shape index (κ2) is 24.5. The molecule has 0 rings (SSSR count). The predicted molar refractivity (Wildman–Crippen MR) is 81.5 cm³/mol. The van der Waals surface area contributed by atoms with Gasteiger partial charge >= 0.3 is 0 Å². The molecular formula is C13H34N4. The minimum absolute atomic E-state index is 0.167. The van der Waals surface area contributed by atoms with E-state index in [1.54, 1.807) is 19.1 Å². The van der Waals surface area contributed by atoms with Crippen LogP contribution in [0.1, 0.15) is 41.0 Å². The van der Waals surface area contributed by atoms with Crippen molar-refractivity contribution in [3.05, 3.63) is 25.3 Å². The van der Waals surface area contributed by atoms with Crippen LogP contribution in [0, 0.1) is 0 Å². The SMILES string of the molecule is C=CC.C=CC.CC(N)CC(C)N.CC(N)N. The van der Waals surface area contributed by atoms with Crippen LogP contribution >= 0.6 is 0 Å². The summed E-state index contributed by atoms with van der Waals surface area (Å²) in [6.07, 6.45) is 4.25. The van der Waals surface area contributed by atoms with Crippen molar-refractivity contribution in [2.24, 2.45) is 22.9 Å². The van der Waals surface area contributed by atoms with Gasteiger partial charge < -0.3 is 22.9 Å². The van der Waals surface area contributed by atoms with Gasteiger partial charge in [0.15, 0.2) is 0 Å². The molecule has 4 heteroatoms. The van der Waals surface area contributed by atoms with Crippen LogP contribution in [0.25, 0.3) is 0 Å². The van der Waals surface area contributed by atoms with Gasteiger partial charge in [0.05, 0.1) is 0 Å². The third-order valence-electron chi connectivity index (χ3n) is 0.744. The standard InChI is InChI=1S/C5H14N2.2C3H6.C2H8N2/c1-4(6)3-5(2)7;2*1-3-2;1-2(3)4/h4-5H,3,6-7H2,1-2H3;2*3H,1H2,2H3;2H,3-4H2,1H3. The topological polar surface area (TPSA) is 104 Å². The molecule has 0 bridgehead atoms. The first-order chi connectivity index (χ1) is 7.69. The summed E-state index contributed by atoms with van der Waals surface area (Å²) in [6, 6.07) is 0.500. The van der Waals surface area contributed by atoms with Crippen LogP contribution in [-0.2, 0) is 0 Å². The second-order valence-corrected chi connectivity index (χ2v) is 3.87. The molecule has 106 valence electrons. The van der Waals surface area contributed by atoms with Gasteiger partial charge in [-0.05, 0) is 41.0 Å². The minimum atomic E-state index is -0.167. The second-order valence-electron chi connectivity index (χ2n) is 3.87. The van der Waals surface area contributed by atoms with Gasteiger partial charge in [0.25, 0.3) is 0 Å². The van der Waals surface area contributed by atoms with E-state index in [0.717, 1.165) is 6.42 Å². The fourth-order valence-electron chi connectivity index (χ4n) is 0.586. The largest absolute Gasteiger partial charge is 0.328 e. The van der Waals surface area contributed by atoms with E-state index in [0.29, 0.717) is 0 Å². The van der Waals surface area contributed by atoms with E-state index in [1.165, 1.54) is 0 Å². The molecule has 0 fully saturated rings. The number of hydrogen-bond acceptors (Lipinski definition) is 4. The van der Waals surface area contributed by atoms with Gasteiger partial charge in [-0.3, -0.25) is 0 Å². The third-order valence-corrected chi connectivity index (χ3v) is 0.744. The van der Waals surface area contributed by atoms with Crippen LogP contribution in [0.4, 0.5) is 0 Å². The highest BCUT2D eigenvalue weighted by atomic mass is 14.8. The fraction of sp³-hybridized carbons (Fsp3) is 0.692. The van der Waals surface area contributed by atoms with Gasteiger partial charge in [-0.25, -0.2) is 0 Å². The Labute approximate surface area is 108 Å². The number of allylic oxidation sites excluding steroid dienone is 2. The summed E-state index contributed by atoms with van der Waals surface area (Å²) in [4.78, 5) is 0. The summed E-state index contributed by atoms with van der Waals surface area (Å²) in [6.45, 7) is 16.1. The van der Waals surface area contributed by atoms with E-state index in [-0.39, 0.29) is 18.2 Å². The van der Waals surface area contributed by atoms with Crippen LogP contribution in [0.5, 0.6) is 0 Å². The van der Waals surface area contributed by atoms with E-state index in [9.17, 15) is 0 Å². The minimum Gasteiger partial charge on any atom is -0.328 e. The molecule has 17 heavy (non-hydrogen) atoms. The first kappa shape index (κ1) is 25.2. The van der Waals surface area contributed by atoms with Crippen LogP contribution in [0.15, 0.2) is 25.3 Å². The van der Waals surface area contributed by atoms with Crippen LogP contribution in [0.3, 0.4) is 0 Å². The number of rotatable bonds is 2. The Bertz CT molecular complexity index is 117. The summed E-state index contributed by atoms with van der Waals surface area (Å²) in [5.74, 6) is 0. The quantitative estimate of drug-likeness (QED) is 0.440. The maximum absolute atomic E-state index is 5.41. The van der Waals surface area contributed by atoms with Crippen LogP contribution < -0.4 is 22.9 Å². The first-order valence-corrected chi connectivity index (χ1v) is 5.85. The van der Waals surface area contributed by atoms with Gasteiger partial charge in [-0.1, -0.05) is 12.2 Å². The Morgan fingerprint density at radius 2 is 0.941 bits per heavy atom. The monoisotopic (exact) mass is 246 g/mol. The van der Waals surface area contributed by atoms with Gasteiger partial charge in [-0.2, -0.15) is 0 Å². The summed E-state index contributed by atoms with van der Waals surface area (Å²) in [7, 11) is 0. The molecule has 0 saturated heterocycles. The Kier molecular flexibility index (Phi) is 36.4. The van der Waals surface area contributed by atoms with E-state index >= 15 is 0 Å². The lowest BCUT2D eigenvalue weighted by Crippen LogP contribution is -2.26. The molecule has 8 N–H and O–H groups in total. The summed E-state index contributed by atoms with van der Waals surface area (Å²) < 4.78 is 0. The van der Waals surface area contributed by atoms with Gasteiger partial charge in [0.2, 0.25) is 0 Å². The highest BCUT2D eigenvalue weighted by Crippen LogP contribution is 1.88. The smallest absolute Gasteiger partial charge is 0.0491 e. The summed E-state index contributed by atoms with van der Waals surface area (Å²) >= 11 is 0. The van der Waals surface area contributed by atoms with E-state index in [4.69, 9.17) is 22.9 Å². The van der Waals surface area contributed by atoms with Gasteiger partial charge in [0, 0.05) is 18.2 Å². The molecule has 4 nitrogen and oxygen atoms in total. The molecule has 2 atom stereocenters. The highest BCUT2D eigenvalue weighted by Gasteiger charge is 1.96. The van der Waals surface area contributed by atoms with Crippen molar-refractivity contribution in [2.45, 2.75) is 59.3 Å². The Morgan fingerprint density at radius 3 is 0.941 bits per heavy atom. The fourth-order valence-corrected chi connectivity index (χ4v) is 0.586.